The summed E-state index contributed by atoms with van der Waals surface area (Å²) < 4.78 is 0.992. The summed E-state index contributed by atoms with van der Waals surface area (Å²) in [6, 6.07) is 71.2. The molecule has 0 N–H and O–H groups in total. The van der Waals surface area contributed by atoms with Crippen LogP contribution in [0.4, 0.5) is 34.1 Å². The first-order valence-electron chi connectivity index (χ1n) is 16.5. The Balaban J connectivity index is 1.29. The van der Waals surface area contributed by atoms with Crippen LogP contribution in [-0.4, -0.2) is 0 Å². The van der Waals surface area contributed by atoms with Gasteiger partial charge in [-0.25, -0.2) is 0 Å². The van der Waals surface area contributed by atoms with Crippen LogP contribution in [0.25, 0.3) is 33.0 Å². The molecule has 0 bridgehead atoms. The number of anilines is 6. The van der Waals surface area contributed by atoms with Gasteiger partial charge < -0.3 is 9.80 Å². The van der Waals surface area contributed by atoms with Gasteiger partial charge in [0.05, 0.1) is 0 Å². The lowest BCUT2D eigenvalue weighted by atomic mass is 10.0. The molecule has 8 aromatic rings. The molecule has 0 aliphatic carbocycles. The van der Waals surface area contributed by atoms with Gasteiger partial charge in [-0.3, -0.25) is 0 Å². The van der Waals surface area contributed by atoms with Crippen molar-refractivity contribution < 1.29 is 0 Å². The van der Waals surface area contributed by atoms with Crippen LogP contribution in [-0.2, 0) is 0 Å². The standard InChI is InChI=1S/C46H33BrN2/c47-40-31-45(48(41-20-8-3-9-21-41)42-26-23-37(24-27-42)34-13-4-1-5-14-34)33-46(32-40)49(44-28-25-36-17-10-11-18-38(36)30-44)43-22-12-19-39(29-43)35-15-6-2-7-16-35/h1-33H. The summed E-state index contributed by atoms with van der Waals surface area (Å²) >= 11 is 3.92. The maximum Gasteiger partial charge on any atom is 0.0493 e. The quantitative estimate of drug-likeness (QED) is 0.156. The normalized spacial score (nSPS) is 11.0. The van der Waals surface area contributed by atoms with Crippen LogP contribution in [0.15, 0.2) is 205 Å². The van der Waals surface area contributed by atoms with Gasteiger partial charge in [0, 0.05) is 38.6 Å². The lowest BCUT2D eigenvalue weighted by molar-refractivity contribution is 1.25. The first-order chi connectivity index (χ1) is 24.2. The van der Waals surface area contributed by atoms with Crippen LogP contribution in [0.5, 0.6) is 0 Å². The molecule has 0 aromatic heterocycles. The van der Waals surface area contributed by atoms with E-state index in [1.807, 2.05) is 0 Å². The molecule has 234 valence electrons. The van der Waals surface area contributed by atoms with Gasteiger partial charge in [-0.1, -0.05) is 149 Å². The van der Waals surface area contributed by atoms with E-state index in [1.54, 1.807) is 0 Å². The van der Waals surface area contributed by atoms with Crippen molar-refractivity contribution in [3.8, 4) is 22.3 Å². The third kappa shape index (κ3) is 6.49. The SMILES string of the molecule is Brc1cc(N(c2ccccc2)c2ccc(-c3ccccc3)cc2)cc(N(c2cccc(-c3ccccc3)c2)c2ccc3ccccc3c2)c1. The largest absolute Gasteiger partial charge is 0.310 e. The average Bonchev–Trinajstić information content (AvgIpc) is 3.16. The maximum atomic E-state index is 3.92. The van der Waals surface area contributed by atoms with Crippen molar-refractivity contribution in [2.45, 2.75) is 0 Å². The lowest BCUT2D eigenvalue weighted by Gasteiger charge is -2.30. The third-order valence-electron chi connectivity index (χ3n) is 8.83. The number of nitrogens with zero attached hydrogens (tertiary/aromatic N) is 2. The number of benzene rings is 8. The molecule has 49 heavy (non-hydrogen) atoms. The van der Waals surface area contributed by atoms with Gasteiger partial charge in [0.15, 0.2) is 0 Å². The second-order valence-electron chi connectivity index (χ2n) is 12.0. The van der Waals surface area contributed by atoms with Gasteiger partial charge in [-0.15, -0.1) is 0 Å². The molecule has 0 saturated carbocycles. The highest BCUT2D eigenvalue weighted by Crippen LogP contribution is 2.43. The zero-order valence-corrected chi connectivity index (χ0v) is 28.4. The second kappa shape index (κ2) is 13.7. The zero-order valence-electron chi connectivity index (χ0n) is 26.8. The Morgan fingerprint density at radius 1 is 0.265 bits per heavy atom. The Labute approximate surface area is 296 Å². The molecule has 8 rings (SSSR count). The average molecular weight is 694 g/mol. The molecule has 8 aromatic carbocycles. The Kier molecular flexibility index (Phi) is 8.50. The van der Waals surface area contributed by atoms with E-state index < -0.39 is 0 Å². The lowest BCUT2D eigenvalue weighted by Crippen LogP contribution is -2.13. The van der Waals surface area contributed by atoms with E-state index in [1.165, 1.54) is 33.0 Å². The number of fused-ring (bicyclic) bond motifs is 1. The van der Waals surface area contributed by atoms with Crippen molar-refractivity contribution >= 4 is 60.8 Å². The van der Waals surface area contributed by atoms with Crippen LogP contribution >= 0.6 is 15.9 Å². The summed E-state index contributed by atoms with van der Waals surface area (Å²) in [7, 11) is 0. The highest BCUT2D eigenvalue weighted by Gasteiger charge is 2.19. The predicted molar refractivity (Wildman–Crippen MR) is 212 cm³/mol. The monoisotopic (exact) mass is 692 g/mol. The molecule has 0 spiro atoms. The molecule has 0 fully saturated rings. The van der Waals surface area contributed by atoms with Crippen molar-refractivity contribution in [2.24, 2.45) is 0 Å². The Bertz CT molecular complexity index is 2340. The number of rotatable bonds is 8. The molecule has 0 heterocycles. The fourth-order valence-electron chi connectivity index (χ4n) is 6.49. The Morgan fingerprint density at radius 3 is 1.39 bits per heavy atom. The highest BCUT2D eigenvalue weighted by molar-refractivity contribution is 9.10. The van der Waals surface area contributed by atoms with Gasteiger partial charge in [0.25, 0.3) is 0 Å². The number of para-hydroxylation sites is 1. The summed E-state index contributed by atoms with van der Waals surface area (Å²) in [5, 5.41) is 2.41. The summed E-state index contributed by atoms with van der Waals surface area (Å²) in [5.41, 5.74) is 11.2. The van der Waals surface area contributed by atoms with Crippen LogP contribution in [0.3, 0.4) is 0 Å². The van der Waals surface area contributed by atoms with E-state index in [0.29, 0.717) is 0 Å². The number of hydrogen-bond acceptors (Lipinski definition) is 2. The van der Waals surface area contributed by atoms with E-state index >= 15 is 0 Å². The molecular weight excluding hydrogens is 660 g/mol. The third-order valence-corrected chi connectivity index (χ3v) is 9.29. The summed E-state index contributed by atoms with van der Waals surface area (Å²) in [6.45, 7) is 0. The van der Waals surface area contributed by atoms with Crippen LogP contribution in [0.2, 0.25) is 0 Å². The Hall–Kier alpha value is -5.90. The van der Waals surface area contributed by atoms with Crippen molar-refractivity contribution in [1.29, 1.82) is 0 Å². The summed E-state index contributed by atoms with van der Waals surface area (Å²) in [4.78, 5) is 4.68. The maximum absolute atomic E-state index is 3.92. The minimum atomic E-state index is 0.992. The minimum absolute atomic E-state index is 0.992. The van der Waals surface area contributed by atoms with E-state index in [-0.39, 0.29) is 0 Å². The van der Waals surface area contributed by atoms with Gasteiger partial charge in [0.2, 0.25) is 0 Å². The van der Waals surface area contributed by atoms with Crippen LogP contribution < -0.4 is 9.80 Å². The summed E-state index contributed by atoms with van der Waals surface area (Å²) in [5.74, 6) is 0. The first-order valence-corrected chi connectivity index (χ1v) is 17.2. The van der Waals surface area contributed by atoms with Gasteiger partial charge >= 0.3 is 0 Å². The highest BCUT2D eigenvalue weighted by atomic mass is 79.9. The fourth-order valence-corrected chi connectivity index (χ4v) is 6.96. The van der Waals surface area contributed by atoms with Crippen LogP contribution in [0, 0.1) is 0 Å². The molecule has 2 nitrogen and oxygen atoms in total. The molecule has 3 heteroatoms. The van der Waals surface area contributed by atoms with Gasteiger partial charge in [-0.05, 0) is 99.8 Å². The molecule has 0 saturated heterocycles. The minimum Gasteiger partial charge on any atom is -0.310 e. The predicted octanol–water partition coefficient (Wildman–Crippen LogP) is 13.9. The number of halogens is 1. The molecule has 0 atom stereocenters. The molecule has 0 aliphatic rings. The smallest absolute Gasteiger partial charge is 0.0493 e. The van der Waals surface area contributed by atoms with Crippen molar-refractivity contribution in [2.75, 3.05) is 9.80 Å². The van der Waals surface area contributed by atoms with Crippen LogP contribution in [0.1, 0.15) is 0 Å². The van der Waals surface area contributed by atoms with Gasteiger partial charge in [0.1, 0.15) is 0 Å². The molecule has 0 unspecified atom stereocenters. The van der Waals surface area contributed by atoms with E-state index in [0.717, 1.165) is 38.6 Å². The van der Waals surface area contributed by atoms with E-state index in [2.05, 4.69) is 226 Å². The summed E-state index contributed by atoms with van der Waals surface area (Å²) in [6.07, 6.45) is 0. The zero-order chi connectivity index (χ0) is 33.0. The number of hydrogen-bond donors (Lipinski definition) is 0. The first kappa shape index (κ1) is 30.4. The molecule has 0 radical (unpaired) electrons. The van der Waals surface area contributed by atoms with Gasteiger partial charge in [-0.2, -0.15) is 0 Å². The molecular formula is C46H33BrN2. The van der Waals surface area contributed by atoms with Crippen molar-refractivity contribution in [3.05, 3.63) is 205 Å². The molecule has 0 aliphatic heterocycles. The van der Waals surface area contributed by atoms with Crippen molar-refractivity contribution in [1.82, 2.24) is 0 Å². The van der Waals surface area contributed by atoms with Crippen molar-refractivity contribution in [3.63, 3.8) is 0 Å². The fraction of sp³-hybridized carbons (Fsp3) is 0. The Morgan fingerprint density at radius 2 is 0.714 bits per heavy atom. The molecule has 0 amide bonds. The van der Waals surface area contributed by atoms with E-state index in [9.17, 15) is 0 Å². The second-order valence-corrected chi connectivity index (χ2v) is 13.0. The topological polar surface area (TPSA) is 6.48 Å². The van der Waals surface area contributed by atoms with E-state index in [4.69, 9.17) is 0 Å².